The van der Waals surface area contributed by atoms with Crippen molar-refractivity contribution in [3.05, 3.63) is 40.2 Å². The molecule has 0 aliphatic rings. The Morgan fingerprint density at radius 3 is 2.38 bits per heavy atom. The summed E-state index contributed by atoms with van der Waals surface area (Å²) >= 11 is 3.44. The van der Waals surface area contributed by atoms with Crippen LogP contribution >= 0.6 is 15.9 Å². The van der Waals surface area contributed by atoms with E-state index in [1.165, 1.54) is 12.1 Å². The maximum absolute atomic E-state index is 13.1. The topological polar surface area (TPSA) is 55.1 Å². The molecule has 0 saturated heterocycles. The third kappa shape index (κ3) is 3.32. The molecule has 4 nitrogen and oxygen atoms in total. The molecule has 0 fully saturated rings. The van der Waals surface area contributed by atoms with Crippen molar-refractivity contribution in [1.82, 2.24) is 9.78 Å². The van der Waals surface area contributed by atoms with Gasteiger partial charge in [0.15, 0.2) is 0 Å². The highest BCUT2D eigenvalue weighted by atomic mass is 79.9. The number of halogens is 2. The summed E-state index contributed by atoms with van der Waals surface area (Å²) in [5.74, 6) is -1.26. The Labute approximate surface area is 130 Å². The number of nitrogens with zero attached hydrogens (tertiary/aromatic N) is 2. The lowest BCUT2D eigenvalue weighted by molar-refractivity contribution is -0.136. The normalized spacial score (nSPS) is 11.7. The summed E-state index contributed by atoms with van der Waals surface area (Å²) in [6.45, 7) is 5.93. The minimum absolute atomic E-state index is 0.169. The van der Waals surface area contributed by atoms with Crippen LogP contribution in [-0.4, -0.2) is 20.9 Å². The van der Waals surface area contributed by atoms with Crippen LogP contribution in [0.25, 0.3) is 11.3 Å². The predicted molar refractivity (Wildman–Crippen MR) is 81.7 cm³/mol. The van der Waals surface area contributed by atoms with Crippen molar-refractivity contribution in [3.63, 3.8) is 0 Å². The van der Waals surface area contributed by atoms with Gasteiger partial charge in [0, 0.05) is 5.56 Å². The van der Waals surface area contributed by atoms with E-state index < -0.39 is 5.97 Å². The molecule has 0 bridgehead atoms. The van der Waals surface area contributed by atoms with Crippen molar-refractivity contribution in [1.29, 1.82) is 0 Å². The second kappa shape index (κ2) is 5.60. The van der Waals surface area contributed by atoms with E-state index in [1.807, 2.05) is 20.8 Å². The first-order valence-electron chi connectivity index (χ1n) is 6.45. The molecule has 6 heteroatoms. The van der Waals surface area contributed by atoms with Crippen LogP contribution in [-0.2, 0) is 16.8 Å². The fraction of sp³-hybridized carbons (Fsp3) is 0.333. The zero-order valence-corrected chi connectivity index (χ0v) is 13.6. The Morgan fingerprint density at radius 2 is 1.90 bits per heavy atom. The van der Waals surface area contributed by atoms with Crippen LogP contribution in [0.4, 0.5) is 4.39 Å². The molecule has 0 saturated carbocycles. The lowest BCUT2D eigenvalue weighted by Gasteiger charge is -2.22. The zero-order chi connectivity index (χ0) is 15.8. The van der Waals surface area contributed by atoms with Crippen LogP contribution in [0.1, 0.15) is 26.5 Å². The highest BCUT2D eigenvalue weighted by Crippen LogP contribution is 2.35. The molecule has 1 heterocycles. The van der Waals surface area contributed by atoms with Crippen LogP contribution in [0.5, 0.6) is 0 Å². The van der Waals surface area contributed by atoms with E-state index in [2.05, 4.69) is 21.0 Å². The standard InChI is InChI=1S/C15H16BrFN2O2/c1-15(2,3)19-14(9-4-6-10(17)7-5-9)13(16)11(18-19)8-12(20)21/h4-7H,8H2,1-3H3,(H,20,21). The maximum atomic E-state index is 13.1. The molecule has 0 aliphatic heterocycles. The molecule has 0 amide bonds. The van der Waals surface area contributed by atoms with Gasteiger partial charge in [0.05, 0.1) is 27.8 Å². The molecular formula is C15H16BrFN2O2. The summed E-state index contributed by atoms with van der Waals surface area (Å²) in [4.78, 5) is 11.0. The van der Waals surface area contributed by atoms with Gasteiger partial charge in [-0.1, -0.05) is 0 Å². The fourth-order valence-corrected chi connectivity index (χ4v) is 2.66. The quantitative estimate of drug-likeness (QED) is 0.910. The molecule has 21 heavy (non-hydrogen) atoms. The van der Waals surface area contributed by atoms with E-state index in [0.717, 1.165) is 11.3 Å². The molecule has 1 aromatic heterocycles. The minimum Gasteiger partial charge on any atom is -0.481 e. The van der Waals surface area contributed by atoms with Gasteiger partial charge in [-0.25, -0.2) is 4.39 Å². The van der Waals surface area contributed by atoms with Crippen molar-refractivity contribution in [2.24, 2.45) is 0 Å². The van der Waals surface area contributed by atoms with Crippen LogP contribution < -0.4 is 0 Å². The maximum Gasteiger partial charge on any atom is 0.309 e. The van der Waals surface area contributed by atoms with E-state index in [4.69, 9.17) is 5.11 Å². The number of carbonyl (C=O) groups is 1. The van der Waals surface area contributed by atoms with Crippen LogP contribution in [0, 0.1) is 5.82 Å². The van der Waals surface area contributed by atoms with Gasteiger partial charge in [0.2, 0.25) is 0 Å². The van der Waals surface area contributed by atoms with Crippen molar-refractivity contribution >= 4 is 21.9 Å². The first-order valence-corrected chi connectivity index (χ1v) is 7.25. The third-order valence-corrected chi connectivity index (χ3v) is 3.80. The SMILES string of the molecule is CC(C)(C)n1nc(CC(=O)O)c(Br)c1-c1ccc(F)cc1. The molecule has 0 spiro atoms. The predicted octanol–water partition coefficient (Wildman–Crippen LogP) is 3.83. The first-order chi connectivity index (χ1) is 9.70. The Morgan fingerprint density at radius 1 is 1.33 bits per heavy atom. The van der Waals surface area contributed by atoms with Crippen LogP contribution in [0.3, 0.4) is 0 Å². The van der Waals surface area contributed by atoms with Gasteiger partial charge in [0.1, 0.15) is 5.82 Å². The molecule has 112 valence electrons. The number of hydrogen-bond donors (Lipinski definition) is 1. The number of benzene rings is 1. The number of aromatic nitrogens is 2. The van der Waals surface area contributed by atoms with Crippen LogP contribution in [0.15, 0.2) is 28.7 Å². The number of rotatable bonds is 3. The largest absolute Gasteiger partial charge is 0.481 e. The van der Waals surface area contributed by atoms with Gasteiger partial charge in [-0.3, -0.25) is 9.48 Å². The Balaban J connectivity index is 2.64. The highest BCUT2D eigenvalue weighted by molar-refractivity contribution is 9.10. The summed E-state index contributed by atoms with van der Waals surface area (Å²) in [5, 5.41) is 13.4. The van der Waals surface area contributed by atoms with Gasteiger partial charge in [-0.2, -0.15) is 5.10 Å². The zero-order valence-electron chi connectivity index (χ0n) is 12.0. The minimum atomic E-state index is -0.945. The Hall–Kier alpha value is -1.69. The van der Waals surface area contributed by atoms with Gasteiger partial charge >= 0.3 is 5.97 Å². The second-order valence-corrected chi connectivity index (χ2v) is 6.56. The van der Waals surface area contributed by atoms with Gasteiger partial charge in [-0.05, 0) is 61.0 Å². The molecule has 1 N–H and O–H groups in total. The summed E-state index contributed by atoms with van der Waals surface area (Å²) in [6.07, 6.45) is -0.169. The molecule has 0 atom stereocenters. The van der Waals surface area contributed by atoms with Gasteiger partial charge < -0.3 is 5.11 Å². The summed E-state index contributed by atoms with van der Waals surface area (Å²) in [7, 11) is 0. The molecular weight excluding hydrogens is 339 g/mol. The number of carboxylic acids is 1. The number of carboxylic acid groups (broad SMARTS) is 1. The molecule has 1 aromatic carbocycles. The average Bonchev–Trinajstić information content (AvgIpc) is 2.67. The number of aliphatic carboxylic acids is 1. The van der Waals surface area contributed by atoms with Gasteiger partial charge in [0.25, 0.3) is 0 Å². The van der Waals surface area contributed by atoms with E-state index >= 15 is 0 Å². The van der Waals surface area contributed by atoms with Gasteiger partial charge in [-0.15, -0.1) is 0 Å². The monoisotopic (exact) mass is 354 g/mol. The highest BCUT2D eigenvalue weighted by Gasteiger charge is 2.25. The second-order valence-electron chi connectivity index (χ2n) is 5.77. The molecule has 2 aromatic rings. The lowest BCUT2D eigenvalue weighted by Crippen LogP contribution is -2.24. The van der Waals surface area contributed by atoms with E-state index in [1.54, 1.807) is 16.8 Å². The summed E-state index contributed by atoms with van der Waals surface area (Å²) in [5.41, 5.74) is 1.65. The Kier molecular flexibility index (Phi) is 4.18. The number of hydrogen-bond acceptors (Lipinski definition) is 2. The van der Waals surface area contributed by atoms with Crippen molar-refractivity contribution in [2.75, 3.05) is 0 Å². The van der Waals surface area contributed by atoms with Crippen LogP contribution in [0.2, 0.25) is 0 Å². The van der Waals surface area contributed by atoms with E-state index in [-0.39, 0.29) is 17.8 Å². The molecule has 2 rings (SSSR count). The smallest absolute Gasteiger partial charge is 0.309 e. The molecule has 0 unspecified atom stereocenters. The van der Waals surface area contributed by atoms with E-state index in [9.17, 15) is 9.18 Å². The van der Waals surface area contributed by atoms with Crippen molar-refractivity contribution in [3.8, 4) is 11.3 Å². The lowest BCUT2D eigenvalue weighted by atomic mass is 10.1. The summed E-state index contributed by atoms with van der Waals surface area (Å²) in [6, 6.07) is 6.06. The Bertz CT molecular complexity index is 672. The fourth-order valence-electron chi connectivity index (χ4n) is 2.04. The third-order valence-electron chi connectivity index (χ3n) is 2.97. The van der Waals surface area contributed by atoms with Crippen molar-refractivity contribution < 1.29 is 14.3 Å². The van der Waals surface area contributed by atoms with Crippen molar-refractivity contribution in [2.45, 2.75) is 32.7 Å². The average molecular weight is 355 g/mol. The first kappa shape index (κ1) is 15.7. The summed E-state index contributed by atoms with van der Waals surface area (Å²) < 4.78 is 15.5. The molecule has 0 radical (unpaired) electrons. The molecule has 0 aliphatic carbocycles. The van der Waals surface area contributed by atoms with E-state index in [0.29, 0.717) is 10.2 Å².